The Hall–Kier alpha value is -4.17. The molecular weight excluding hydrogens is 474 g/mol. The molecule has 184 valence electrons. The SMILES string of the molecule is CCOC(=O)c1ccc(NC(=O)C2=C(C)NC(=S)N[C@H]2c2ccccc2OCc2ccccc2)cc1. The number of carbonyl (C=O) groups excluding carboxylic acids is 2. The van der Waals surface area contributed by atoms with E-state index in [-0.39, 0.29) is 5.91 Å². The normalized spacial score (nSPS) is 14.9. The van der Waals surface area contributed by atoms with Crippen molar-refractivity contribution in [3.05, 3.63) is 107 Å². The van der Waals surface area contributed by atoms with Crippen molar-refractivity contribution >= 4 is 34.9 Å². The second-order valence-electron chi connectivity index (χ2n) is 8.13. The number of ether oxygens (including phenoxy) is 2. The Morgan fingerprint density at radius 1 is 0.972 bits per heavy atom. The van der Waals surface area contributed by atoms with Crippen molar-refractivity contribution in [2.45, 2.75) is 26.5 Å². The van der Waals surface area contributed by atoms with E-state index < -0.39 is 12.0 Å². The standard InChI is InChI=1S/C28H27N3O4S/c1-3-34-27(33)20-13-15-21(16-14-20)30-26(32)24-18(2)29-28(36)31-25(24)22-11-7-8-12-23(22)35-17-19-9-5-4-6-10-19/h4-16,25H,3,17H2,1-2H3,(H,30,32)(H2,29,31,36)/t25-/m0/s1. The zero-order chi connectivity index (χ0) is 25.5. The lowest BCUT2D eigenvalue weighted by Crippen LogP contribution is -2.45. The quantitative estimate of drug-likeness (QED) is 0.300. The third kappa shape index (κ3) is 5.90. The summed E-state index contributed by atoms with van der Waals surface area (Å²) in [6.45, 7) is 4.25. The number of amides is 1. The van der Waals surface area contributed by atoms with Crippen molar-refractivity contribution in [2.75, 3.05) is 11.9 Å². The molecule has 3 aromatic rings. The Balaban J connectivity index is 1.58. The fourth-order valence-electron chi connectivity index (χ4n) is 3.92. The maximum atomic E-state index is 13.5. The molecule has 1 aliphatic rings. The molecule has 0 spiro atoms. The molecule has 0 fully saturated rings. The number of thiocarbonyl (C=S) groups is 1. The fourth-order valence-corrected chi connectivity index (χ4v) is 4.19. The number of anilines is 1. The Labute approximate surface area is 215 Å². The Kier molecular flexibility index (Phi) is 7.97. The van der Waals surface area contributed by atoms with Gasteiger partial charge < -0.3 is 25.4 Å². The molecule has 0 bridgehead atoms. The molecule has 3 aromatic carbocycles. The summed E-state index contributed by atoms with van der Waals surface area (Å²) in [6, 6.07) is 23.5. The first kappa shape index (κ1) is 24.9. The van der Waals surface area contributed by atoms with Gasteiger partial charge in [0.15, 0.2) is 5.11 Å². The van der Waals surface area contributed by atoms with Gasteiger partial charge in [0.05, 0.1) is 23.8 Å². The van der Waals surface area contributed by atoms with E-state index in [1.807, 2.05) is 61.5 Å². The van der Waals surface area contributed by atoms with Gasteiger partial charge in [-0.3, -0.25) is 4.79 Å². The summed E-state index contributed by atoms with van der Waals surface area (Å²) in [4.78, 5) is 25.4. The van der Waals surface area contributed by atoms with E-state index in [1.165, 1.54) is 0 Å². The first-order chi connectivity index (χ1) is 17.5. The summed E-state index contributed by atoms with van der Waals surface area (Å²) < 4.78 is 11.2. The fraction of sp³-hybridized carbons (Fsp3) is 0.179. The second kappa shape index (κ2) is 11.5. The van der Waals surface area contributed by atoms with E-state index in [1.54, 1.807) is 31.2 Å². The molecule has 0 saturated carbocycles. The molecule has 0 aromatic heterocycles. The summed E-state index contributed by atoms with van der Waals surface area (Å²) in [7, 11) is 0. The number of esters is 1. The van der Waals surface area contributed by atoms with Crippen LogP contribution < -0.4 is 20.7 Å². The number of carbonyl (C=O) groups is 2. The summed E-state index contributed by atoms with van der Waals surface area (Å²) >= 11 is 5.40. The van der Waals surface area contributed by atoms with E-state index in [0.717, 1.165) is 11.1 Å². The molecular formula is C28H27N3O4S. The number of benzene rings is 3. The number of para-hydroxylation sites is 1. The highest BCUT2D eigenvalue weighted by Crippen LogP contribution is 2.34. The average molecular weight is 502 g/mol. The van der Waals surface area contributed by atoms with E-state index in [0.29, 0.717) is 46.6 Å². The average Bonchev–Trinajstić information content (AvgIpc) is 2.88. The van der Waals surface area contributed by atoms with Crippen LogP contribution in [0.3, 0.4) is 0 Å². The number of nitrogens with one attached hydrogen (secondary N) is 3. The smallest absolute Gasteiger partial charge is 0.338 e. The summed E-state index contributed by atoms with van der Waals surface area (Å²) in [5.41, 5.74) is 3.92. The second-order valence-corrected chi connectivity index (χ2v) is 8.54. The van der Waals surface area contributed by atoms with Gasteiger partial charge in [0.2, 0.25) is 0 Å². The van der Waals surface area contributed by atoms with E-state index in [4.69, 9.17) is 21.7 Å². The molecule has 1 atom stereocenters. The van der Waals surface area contributed by atoms with Crippen LogP contribution in [0.25, 0.3) is 0 Å². The van der Waals surface area contributed by atoms with Gasteiger partial charge in [-0.25, -0.2) is 4.79 Å². The topological polar surface area (TPSA) is 88.7 Å². The van der Waals surface area contributed by atoms with Gasteiger partial charge in [-0.2, -0.15) is 0 Å². The predicted molar refractivity (Wildman–Crippen MR) is 143 cm³/mol. The van der Waals surface area contributed by atoms with Gasteiger partial charge >= 0.3 is 5.97 Å². The van der Waals surface area contributed by atoms with Crippen LogP contribution in [-0.4, -0.2) is 23.6 Å². The molecule has 0 saturated heterocycles. The van der Waals surface area contributed by atoms with Crippen LogP contribution in [0.1, 0.15) is 41.4 Å². The highest BCUT2D eigenvalue weighted by atomic mass is 32.1. The van der Waals surface area contributed by atoms with Crippen LogP contribution in [0, 0.1) is 0 Å². The first-order valence-corrected chi connectivity index (χ1v) is 12.0. The maximum Gasteiger partial charge on any atom is 0.338 e. The Bertz CT molecular complexity index is 1290. The van der Waals surface area contributed by atoms with Gasteiger partial charge in [0.1, 0.15) is 12.4 Å². The van der Waals surface area contributed by atoms with Crippen molar-refractivity contribution in [1.82, 2.24) is 10.6 Å². The third-order valence-electron chi connectivity index (χ3n) is 5.63. The lowest BCUT2D eigenvalue weighted by molar-refractivity contribution is -0.113. The number of rotatable bonds is 8. The number of allylic oxidation sites excluding steroid dienone is 1. The van der Waals surface area contributed by atoms with Crippen LogP contribution >= 0.6 is 12.2 Å². The minimum atomic E-state index is -0.524. The molecule has 1 aliphatic heterocycles. The lowest BCUT2D eigenvalue weighted by Gasteiger charge is -2.31. The van der Waals surface area contributed by atoms with Gasteiger partial charge in [-0.05, 0) is 62.0 Å². The monoisotopic (exact) mass is 501 g/mol. The highest BCUT2D eigenvalue weighted by Gasteiger charge is 2.31. The summed E-state index contributed by atoms with van der Waals surface area (Å²) in [6.07, 6.45) is 0. The van der Waals surface area contributed by atoms with Crippen molar-refractivity contribution in [2.24, 2.45) is 0 Å². The van der Waals surface area contributed by atoms with Gasteiger partial charge in [-0.15, -0.1) is 0 Å². The Morgan fingerprint density at radius 3 is 2.39 bits per heavy atom. The van der Waals surface area contributed by atoms with Crippen LogP contribution in [0.2, 0.25) is 0 Å². The predicted octanol–water partition coefficient (Wildman–Crippen LogP) is 4.87. The van der Waals surface area contributed by atoms with E-state index >= 15 is 0 Å². The molecule has 1 amide bonds. The van der Waals surface area contributed by atoms with Gasteiger partial charge in [0.25, 0.3) is 5.91 Å². The molecule has 7 nitrogen and oxygen atoms in total. The minimum Gasteiger partial charge on any atom is -0.489 e. The third-order valence-corrected chi connectivity index (χ3v) is 5.85. The zero-order valence-electron chi connectivity index (χ0n) is 20.0. The van der Waals surface area contributed by atoms with Crippen molar-refractivity contribution in [1.29, 1.82) is 0 Å². The maximum absolute atomic E-state index is 13.5. The molecule has 8 heteroatoms. The summed E-state index contributed by atoms with van der Waals surface area (Å²) in [5.74, 6) is -0.0579. The van der Waals surface area contributed by atoms with E-state index in [9.17, 15) is 9.59 Å². The number of hydrogen-bond donors (Lipinski definition) is 3. The van der Waals surface area contributed by atoms with Crippen molar-refractivity contribution in [3.8, 4) is 5.75 Å². The van der Waals surface area contributed by atoms with Crippen molar-refractivity contribution in [3.63, 3.8) is 0 Å². The van der Waals surface area contributed by atoms with Crippen LogP contribution in [0.4, 0.5) is 5.69 Å². The lowest BCUT2D eigenvalue weighted by atomic mass is 9.94. The zero-order valence-corrected chi connectivity index (χ0v) is 20.9. The van der Waals surface area contributed by atoms with E-state index in [2.05, 4.69) is 16.0 Å². The molecule has 4 rings (SSSR count). The van der Waals surface area contributed by atoms with Crippen LogP contribution in [-0.2, 0) is 16.1 Å². The minimum absolute atomic E-state index is 0.296. The highest BCUT2D eigenvalue weighted by molar-refractivity contribution is 7.80. The largest absolute Gasteiger partial charge is 0.489 e. The molecule has 0 radical (unpaired) electrons. The van der Waals surface area contributed by atoms with Crippen LogP contribution in [0.15, 0.2) is 90.1 Å². The molecule has 3 N–H and O–H groups in total. The molecule has 1 heterocycles. The van der Waals surface area contributed by atoms with Gasteiger partial charge in [0, 0.05) is 16.9 Å². The summed E-state index contributed by atoms with van der Waals surface area (Å²) in [5, 5.41) is 9.61. The first-order valence-electron chi connectivity index (χ1n) is 11.6. The van der Waals surface area contributed by atoms with Crippen molar-refractivity contribution < 1.29 is 19.1 Å². The molecule has 0 aliphatic carbocycles. The van der Waals surface area contributed by atoms with Crippen LogP contribution in [0.5, 0.6) is 5.75 Å². The number of hydrogen-bond acceptors (Lipinski definition) is 5. The Morgan fingerprint density at radius 2 is 1.67 bits per heavy atom. The van der Waals surface area contributed by atoms with Gasteiger partial charge in [-0.1, -0.05) is 48.5 Å². The molecule has 36 heavy (non-hydrogen) atoms. The molecule has 0 unspecified atom stereocenters.